The predicted octanol–water partition coefficient (Wildman–Crippen LogP) is 2.83. The number of hydrogen-bond donors (Lipinski definition) is 2. The lowest BCUT2D eigenvalue weighted by atomic mass is 10.1. The number of para-hydroxylation sites is 1. The molecule has 0 atom stereocenters. The van der Waals surface area contributed by atoms with E-state index in [0.717, 1.165) is 5.52 Å². The smallest absolute Gasteiger partial charge is 0.264 e. The number of hydrogen-bond acceptors (Lipinski definition) is 5. The van der Waals surface area contributed by atoms with Crippen molar-refractivity contribution in [2.24, 2.45) is 5.73 Å². The molecule has 0 amide bonds. The van der Waals surface area contributed by atoms with Gasteiger partial charge in [0.15, 0.2) is 0 Å². The van der Waals surface area contributed by atoms with Crippen molar-refractivity contribution < 1.29 is 17.8 Å². The molecule has 1 aromatic heterocycles. The first-order valence-electron chi connectivity index (χ1n) is 7.76. The molecule has 6 nitrogen and oxygen atoms in total. The minimum Gasteiger partial charge on any atom is -0.333 e. The van der Waals surface area contributed by atoms with Gasteiger partial charge in [0.2, 0.25) is 0 Å². The average Bonchev–Trinajstić information content (AvgIpc) is 2.60. The van der Waals surface area contributed by atoms with Gasteiger partial charge in [-0.15, -0.1) is 0 Å². The first-order valence-corrected chi connectivity index (χ1v) is 9.37. The number of benzene rings is 1. The second-order valence-corrected chi connectivity index (χ2v) is 6.40. The first kappa shape index (κ1) is 22.2. The van der Waals surface area contributed by atoms with Gasteiger partial charge in [0.05, 0.1) is 11.3 Å². The largest absolute Gasteiger partial charge is 0.333 e. The number of fused-ring (bicyclic) bond motifs is 1. The van der Waals surface area contributed by atoms with Crippen molar-refractivity contribution in [3.05, 3.63) is 42.6 Å². The molecule has 0 unspecified atom stereocenters. The van der Waals surface area contributed by atoms with E-state index in [1.165, 1.54) is 12.4 Å². The molecule has 7 heteroatoms. The van der Waals surface area contributed by atoms with Gasteiger partial charge in [-0.1, -0.05) is 31.2 Å². The quantitative estimate of drug-likeness (QED) is 0.609. The summed E-state index contributed by atoms with van der Waals surface area (Å²) in [7, 11) is -2.34. The third-order valence-corrected chi connectivity index (χ3v) is 3.82. The third-order valence-electron chi connectivity index (χ3n) is 3.01. The highest BCUT2D eigenvalue weighted by atomic mass is 32.2. The van der Waals surface area contributed by atoms with Crippen molar-refractivity contribution >= 4 is 26.8 Å². The van der Waals surface area contributed by atoms with Gasteiger partial charge >= 0.3 is 0 Å². The molecular weight excluding hydrogens is 328 g/mol. The minimum atomic E-state index is -3.84. The molecule has 0 bridgehead atoms. The Kier molecular flexibility index (Phi) is 11.6. The highest BCUT2D eigenvalue weighted by Gasteiger charge is 2.04. The second-order valence-electron chi connectivity index (χ2n) is 4.83. The molecule has 0 aliphatic heterocycles. The fourth-order valence-electron chi connectivity index (χ4n) is 1.80. The summed E-state index contributed by atoms with van der Waals surface area (Å²) in [5.74, 6) is -0.116. The summed E-state index contributed by atoms with van der Waals surface area (Å²) >= 11 is 0. The van der Waals surface area contributed by atoms with Gasteiger partial charge in [0, 0.05) is 24.4 Å². The summed E-state index contributed by atoms with van der Waals surface area (Å²) in [5.41, 5.74) is 5.56. The Bertz CT molecular complexity index is 637. The van der Waals surface area contributed by atoms with E-state index >= 15 is 0 Å². The zero-order valence-electron chi connectivity index (χ0n) is 14.2. The molecule has 1 heterocycles. The van der Waals surface area contributed by atoms with Gasteiger partial charge < -0.3 is 5.73 Å². The van der Waals surface area contributed by atoms with Crippen LogP contribution < -0.4 is 5.73 Å². The standard InChI is InChI=1S/C9H7N.C7H14O4S.CH5N/c1-2-6-9-8(4-1)5-3-7-10-9;1-2-7(8)5-3-4-6-12(9,10)11;1-2/h1-7H;2-6H2,1H3,(H,9,10,11);2H2,1H3. The van der Waals surface area contributed by atoms with Crippen molar-refractivity contribution in [2.45, 2.75) is 32.6 Å². The number of nitrogens with two attached hydrogens (primary N) is 1. The number of unbranched alkanes of at least 4 members (excludes halogenated alkanes) is 1. The highest BCUT2D eigenvalue weighted by Crippen LogP contribution is 2.07. The SMILES string of the molecule is CCC(=O)CCCCS(=O)(=O)O.CN.c1ccc2ncccc2c1. The number of pyridine rings is 1. The summed E-state index contributed by atoms with van der Waals surface area (Å²) in [6, 6.07) is 12.1. The maximum atomic E-state index is 10.7. The van der Waals surface area contributed by atoms with Crippen LogP contribution in [0, 0.1) is 0 Å². The van der Waals surface area contributed by atoms with Crippen LogP contribution in [0.3, 0.4) is 0 Å². The normalized spacial score (nSPS) is 10.2. The van der Waals surface area contributed by atoms with Crippen LogP contribution in [-0.4, -0.2) is 36.5 Å². The van der Waals surface area contributed by atoms with Gasteiger partial charge in [-0.3, -0.25) is 14.3 Å². The molecule has 0 saturated carbocycles. The maximum Gasteiger partial charge on any atom is 0.264 e. The third kappa shape index (κ3) is 10.8. The zero-order chi connectivity index (χ0) is 18.4. The van der Waals surface area contributed by atoms with Crippen LogP contribution in [-0.2, 0) is 14.9 Å². The van der Waals surface area contributed by atoms with E-state index in [1.807, 2.05) is 30.5 Å². The molecule has 134 valence electrons. The molecule has 3 N–H and O–H groups in total. The Morgan fingerprint density at radius 2 is 1.75 bits per heavy atom. The highest BCUT2D eigenvalue weighted by molar-refractivity contribution is 7.85. The van der Waals surface area contributed by atoms with E-state index in [0.29, 0.717) is 25.7 Å². The predicted molar refractivity (Wildman–Crippen MR) is 97.4 cm³/mol. The number of rotatable bonds is 6. The van der Waals surface area contributed by atoms with Gasteiger partial charge in [0.25, 0.3) is 10.1 Å². The molecule has 24 heavy (non-hydrogen) atoms. The van der Waals surface area contributed by atoms with E-state index in [4.69, 9.17) is 4.55 Å². The van der Waals surface area contributed by atoms with E-state index in [1.54, 1.807) is 6.92 Å². The fourth-order valence-corrected chi connectivity index (χ4v) is 2.37. The number of carbonyl (C=O) groups excluding carboxylic acids is 1. The van der Waals surface area contributed by atoms with Crippen LogP contribution >= 0.6 is 0 Å². The number of carbonyl (C=O) groups is 1. The van der Waals surface area contributed by atoms with E-state index < -0.39 is 10.1 Å². The Balaban J connectivity index is 0.000000402. The van der Waals surface area contributed by atoms with Gasteiger partial charge in [0.1, 0.15) is 5.78 Å². The van der Waals surface area contributed by atoms with Crippen LogP contribution in [0.25, 0.3) is 10.9 Å². The summed E-state index contributed by atoms with van der Waals surface area (Å²) in [5, 5.41) is 1.20. The van der Waals surface area contributed by atoms with Crippen LogP contribution in [0.2, 0.25) is 0 Å². The molecular formula is C17H26N2O4S. The molecule has 2 rings (SSSR count). The Morgan fingerprint density at radius 1 is 1.12 bits per heavy atom. The molecule has 1 aromatic carbocycles. The Hall–Kier alpha value is -1.83. The topological polar surface area (TPSA) is 110 Å². The number of Topliss-reactive ketones (excluding diaryl/α,β-unsaturated/α-hetero) is 1. The van der Waals surface area contributed by atoms with Crippen LogP contribution in [0.1, 0.15) is 32.6 Å². The maximum absolute atomic E-state index is 10.7. The summed E-state index contributed by atoms with van der Waals surface area (Å²) < 4.78 is 28.8. The lowest BCUT2D eigenvalue weighted by molar-refractivity contribution is -0.118. The van der Waals surface area contributed by atoms with Crippen LogP contribution in [0.4, 0.5) is 0 Å². The molecule has 2 aromatic rings. The van der Waals surface area contributed by atoms with Crippen molar-refractivity contribution in [1.29, 1.82) is 0 Å². The summed E-state index contributed by atoms with van der Waals surface area (Å²) in [6.07, 6.45) is 3.59. The van der Waals surface area contributed by atoms with Crippen molar-refractivity contribution in [1.82, 2.24) is 4.98 Å². The van der Waals surface area contributed by atoms with Gasteiger partial charge in [-0.25, -0.2) is 0 Å². The van der Waals surface area contributed by atoms with Gasteiger partial charge in [-0.2, -0.15) is 8.42 Å². The van der Waals surface area contributed by atoms with Crippen molar-refractivity contribution in [3.8, 4) is 0 Å². The van der Waals surface area contributed by atoms with E-state index in [2.05, 4.69) is 22.9 Å². The monoisotopic (exact) mass is 354 g/mol. The zero-order valence-corrected chi connectivity index (χ0v) is 15.0. The van der Waals surface area contributed by atoms with Crippen LogP contribution in [0.5, 0.6) is 0 Å². The Morgan fingerprint density at radius 3 is 2.33 bits per heavy atom. The molecule has 0 aliphatic carbocycles. The summed E-state index contributed by atoms with van der Waals surface area (Å²) in [4.78, 5) is 14.9. The lowest BCUT2D eigenvalue weighted by Crippen LogP contribution is -2.04. The molecule has 0 spiro atoms. The lowest BCUT2D eigenvalue weighted by Gasteiger charge is -1.96. The number of aromatic nitrogens is 1. The number of nitrogens with zero attached hydrogens (tertiary/aromatic N) is 1. The van der Waals surface area contributed by atoms with Gasteiger partial charge in [-0.05, 0) is 32.0 Å². The van der Waals surface area contributed by atoms with Crippen molar-refractivity contribution in [2.75, 3.05) is 12.8 Å². The van der Waals surface area contributed by atoms with E-state index in [-0.39, 0.29) is 11.5 Å². The Labute approximate surface area is 143 Å². The average molecular weight is 354 g/mol. The second kappa shape index (κ2) is 12.6. The van der Waals surface area contributed by atoms with Crippen LogP contribution in [0.15, 0.2) is 42.6 Å². The summed E-state index contributed by atoms with van der Waals surface area (Å²) in [6.45, 7) is 1.77. The fraction of sp³-hybridized carbons (Fsp3) is 0.412. The molecule has 0 aliphatic rings. The van der Waals surface area contributed by atoms with Crippen molar-refractivity contribution in [3.63, 3.8) is 0 Å². The molecule has 0 radical (unpaired) electrons. The molecule has 0 saturated heterocycles. The first-order chi connectivity index (χ1) is 11.4. The minimum absolute atomic E-state index is 0.130. The number of ketones is 1. The van der Waals surface area contributed by atoms with E-state index in [9.17, 15) is 13.2 Å². The molecule has 0 fully saturated rings.